The molecule has 10 atom stereocenters. The predicted octanol–water partition coefficient (Wildman–Crippen LogP) is 3.24. The maximum absolute atomic E-state index is 14.1. The van der Waals surface area contributed by atoms with Crippen LogP contribution in [-0.2, 0) is 65.7 Å². The maximum Gasteiger partial charge on any atom is 0.335 e. The Hall–Kier alpha value is -4.92. The fourth-order valence-corrected chi connectivity index (χ4v) is 8.59. The van der Waals surface area contributed by atoms with E-state index < -0.39 is 90.6 Å². The van der Waals surface area contributed by atoms with Gasteiger partial charge in [0.25, 0.3) is 11.5 Å². The first-order chi connectivity index (χ1) is 31.2. The molecule has 4 aliphatic rings. The van der Waals surface area contributed by atoms with Crippen LogP contribution < -0.4 is 32.4 Å². The van der Waals surface area contributed by atoms with Crippen LogP contribution in [0.15, 0.2) is 58.0 Å². The summed E-state index contributed by atoms with van der Waals surface area (Å²) in [6.45, 7) is 7.22. The van der Waals surface area contributed by atoms with Crippen LogP contribution in [0.25, 0.3) is 0 Å². The number of carbonyl (C=O) groups excluding carboxylic acids is 4. The number of amides is 3. The number of nitrogens with zero attached hydrogens (tertiary/aromatic N) is 2. The lowest BCUT2D eigenvalue weighted by Gasteiger charge is -2.34. The summed E-state index contributed by atoms with van der Waals surface area (Å²) >= 11 is 0. The number of unbranched alkanes of at least 4 members (excludes halogenated alkanes) is 7. The number of aromatic nitrogens is 2. The van der Waals surface area contributed by atoms with E-state index in [1.54, 1.807) is 45.2 Å². The highest BCUT2D eigenvalue weighted by Crippen LogP contribution is 2.40. The van der Waals surface area contributed by atoms with Crippen LogP contribution in [0.4, 0.5) is 0 Å². The molecule has 1 aromatic carbocycles. The number of ether oxygens (including phenoxy) is 8. The van der Waals surface area contributed by atoms with Crippen LogP contribution in [0.3, 0.4) is 0 Å². The maximum atomic E-state index is 14.1. The first-order valence-electron chi connectivity index (χ1n) is 22.8. The van der Waals surface area contributed by atoms with Crippen molar-refractivity contribution in [2.45, 2.75) is 173 Å². The molecule has 0 unspecified atom stereocenters. The summed E-state index contributed by atoms with van der Waals surface area (Å²) in [6.07, 6.45) is 4.11. The second-order valence-corrected chi connectivity index (χ2v) is 17.5. The Bertz CT molecular complexity index is 2090. The fraction of sp³-hybridized carbons (Fsp3) is 0.652. The topological polar surface area (TPSA) is 236 Å². The Kier molecular flexibility index (Phi) is 17.5. The Labute approximate surface area is 378 Å². The van der Waals surface area contributed by atoms with Crippen molar-refractivity contribution in [1.29, 1.82) is 0 Å². The molecule has 3 amide bonds. The van der Waals surface area contributed by atoms with Crippen LogP contribution in [0, 0.1) is 5.92 Å². The zero-order valence-corrected chi connectivity index (χ0v) is 38.0. The number of methoxy groups -OCH3 is 1. The third kappa shape index (κ3) is 12.7. The van der Waals surface area contributed by atoms with E-state index in [9.17, 15) is 28.8 Å². The van der Waals surface area contributed by atoms with Crippen molar-refractivity contribution in [2.24, 2.45) is 11.7 Å². The van der Waals surface area contributed by atoms with Gasteiger partial charge in [0.15, 0.2) is 30.0 Å². The lowest BCUT2D eigenvalue weighted by atomic mass is 9.95. The number of carbonyl (C=O) groups is 4. The van der Waals surface area contributed by atoms with E-state index in [4.69, 9.17) is 43.6 Å². The third-order valence-corrected chi connectivity index (χ3v) is 12.0. The molecule has 19 heteroatoms. The average molecular weight is 912 g/mol. The van der Waals surface area contributed by atoms with Crippen molar-refractivity contribution in [3.63, 3.8) is 0 Å². The van der Waals surface area contributed by atoms with E-state index in [0.29, 0.717) is 31.3 Å². The summed E-state index contributed by atoms with van der Waals surface area (Å²) in [5.74, 6) is -4.13. The number of hydrogen-bond acceptors (Lipinski definition) is 14. The van der Waals surface area contributed by atoms with Gasteiger partial charge in [0, 0.05) is 24.9 Å². The van der Waals surface area contributed by atoms with Gasteiger partial charge in [-0.05, 0) is 70.2 Å². The molecule has 65 heavy (non-hydrogen) atoms. The minimum Gasteiger partial charge on any atom is -0.497 e. The molecule has 0 aliphatic carbocycles. The second kappa shape index (κ2) is 23.0. The number of primary amides is 1. The van der Waals surface area contributed by atoms with E-state index in [-0.39, 0.29) is 30.9 Å². The number of hydrogen-bond donors (Lipinski definition) is 3. The summed E-state index contributed by atoms with van der Waals surface area (Å²) in [5, 5.41) is 5.61. The molecule has 1 aromatic heterocycles. The Morgan fingerprint density at radius 1 is 1.02 bits per heavy atom. The summed E-state index contributed by atoms with van der Waals surface area (Å²) in [6, 6.07) is 7.38. The molecular formula is C46H65N5O14. The van der Waals surface area contributed by atoms with Crippen molar-refractivity contribution >= 4 is 24.0 Å². The first-order valence-corrected chi connectivity index (χ1v) is 22.8. The van der Waals surface area contributed by atoms with Crippen molar-refractivity contribution < 1.29 is 57.1 Å². The highest BCUT2D eigenvalue weighted by Gasteiger charge is 2.55. The fourth-order valence-electron chi connectivity index (χ4n) is 8.59. The van der Waals surface area contributed by atoms with Gasteiger partial charge in [-0.3, -0.25) is 23.7 Å². The van der Waals surface area contributed by atoms with Gasteiger partial charge >= 0.3 is 5.69 Å². The molecule has 2 aromatic rings. The first kappa shape index (κ1) is 49.5. The Morgan fingerprint density at radius 3 is 2.43 bits per heavy atom. The lowest BCUT2D eigenvalue weighted by molar-refractivity contribution is -0.238. The minimum absolute atomic E-state index is 0.0527. The summed E-state index contributed by atoms with van der Waals surface area (Å²) in [7, 11) is 1.55. The smallest absolute Gasteiger partial charge is 0.335 e. The van der Waals surface area contributed by atoms with Gasteiger partial charge in [-0.2, -0.15) is 0 Å². The highest BCUT2D eigenvalue weighted by molar-refractivity contribution is 5.95. The van der Waals surface area contributed by atoms with Crippen LogP contribution in [-0.4, -0.2) is 102 Å². The minimum atomic E-state index is -1.74. The molecular weight excluding hydrogens is 847 g/mol. The number of benzene rings is 1. The van der Waals surface area contributed by atoms with Gasteiger partial charge in [-0.1, -0.05) is 64.0 Å². The van der Waals surface area contributed by atoms with E-state index in [2.05, 4.69) is 17.6 Å². The second-order valence-electron chi connectivity index (χ2n) is 17.5. The zero-order chi connectivity index (χ0) is 46.7. The van der Waals surface area contributed by atoms with E-state index in [0.717, 1.165) is 59.3 Å². The Morgan fingerprint density at radius 2 is 1.74 bits per heavy atom. The molecule has 19 nitrogen and oxygen atoms in total. The molecule has 6 rings (SSSR count). The molecule has 358 valence electrons. The van der Waals surface area contributed by atoms with Gasteiger partial charge in [-0.15, -0.1) is 0 Å². The van der Waals surface area contributed by atoms with Crippen molar-refractivity contribution in [3.8, 4) is 5.75 Å². The number of nitrogens with one attached hydrogen (secondary N) is 2. The van der Waals surface area contributed by atoms with Crippen LogP contribution >= 0.6 is 0 Å². The molecule has 0 bridgehead atoms. The number of nitrogens with two attached hydrogens (primary N) is 1. The SMILES string of the molecule is CCCCCCCCCCO[C@@H]1[C@H](C=O)[C@@H]([C@@H](O[C@H]2OC(C(=O)N[C@H]3CCC[C@@H](C)NC3=O)=C[C@@H]3OC(C)(C)O[C@H]23)C(N)=O)O[C@H]1n1ccc(=O)n(COCc2ccc(OC)cc2)c1=O. The number of rotatable bonds is 23. The third-order valence-electron chi connectivity index (χ3n) is 12.0. The molecule has 0 radical (unpaired) electrons. The van der Waals surface area contributed by atoms with Gasteiger partial charge in [0.2, 0.25) is 18.1 Å². The van der Waals surface area contributed by atoms with Gasteiger partial charge in [0.1, 0.15) is 43.1 Å². The molecule has 3 fully saturated rings. The van der Waals surface area contributed by atoms with Crippen LogP contribution in [0.2, 0.25) is 0 Å². The van der Waals surface area contributed by atoms with Crippen molar-refractivity contribution in [2.75, 3.05) is 13.7 Å². The van der Waals surface area contributed by atoms with E-state index in [1.165, 1.54) is 25.1 Å². The average Bonchev–Trinajstić information content (AvgIpc) is 3.74. The normalized spacial score (nSPS) is 27.7. The van der Waals surface area contributed by atoms with Crippen molar-refractivity contribution in [1.82, 2.24) is 19.8 Å². The van der Waals surface area contributed by atoms with Crippen LogP contribution in [0.5, 0.6) is 5.75 Å². The molecule has 4 aliphatic heterocycles. The predicted molar refractivity (Wildman–Crippen MR) is 233 cm³/mol. The van der Waals surface area contributed by atoms with Gasteiger partial charge in [0.05, 0.1) is 19.6 Å². The molecule has 0 spiro atoms. The monoisotopic (exact) mass is 911 g/mol. The Balaban J connectivity index is 1.24. The highest BCUT2D eigenvalue weighted by atomic mass is 16.8. The molecule has 4 N–H and O–H groups in total. The standard InChI is InChI=1S/C46H65N5O14/c1-6-7-8-9-10-11-12-13-23-60-37-31(25-52)36(62-43(37)50-22-21-35(53)51(45(50)57)27-59-26-29-17-19-30(58-5)20-18-29)39(40(47)54)63-44-38-33(64-46(3,4)65-38)24-34(61-44)42(56)49-32-16-14-15-28(2)48-41(32)55/h17-22,24-25,28,31-33,36-39,43-44H,6-16,23,26-27H2,1-5H3,(H2,47,54)(H,48,55)(H,49,56)/t28-,31-,32+,33+,36+,37-,38+,39-,43-,44-/m1/s1. The lowest BCUT2D eigenvalue weighted by Crippen LogP contribution is -2.53. The molecule has 3 saturated heterocycles. The summed E-state index contributed by atoms with van der Waals surface area (Å²) in [4.78, 5) is 80.5. The van der Waals surface area contributed by atoms with E-state index in [1.807, 2.05) is 6.92 Å². The number of aldehydes is 1. The largest absolute Gasteiger partial charge is 0.497 e. The van der Waals surface area contributed by atoms with Crippen LogP contribution in [0.1, 0.15) is 110 Å². The number of fused-ring (bicyclic) bond motifs is 1. The quantitative estimate of drug-likeness (QED) is 0.107. The van der Waals surface area contributed by atoms with Gasteiger partial charge < -0.3 is 59.1 Å². The van der Waals surface area contributed by atoms with Crippen molar-refractivity contribution in [3.05, 3.63) is 74.8 Å². The zero-order valence-electron chi connectivity index (χ0n) is 38.0. The molecule has 0 saturated carbocycles. The molecule has 5 heterocycles. The summed E-state index contributed by atoms with van der Waals surface area (Å²) in [5.41, 5.74) is 5.32. The summed E-state index contributed by atoms with van der Waals surface area (Å²) < 4.78 is 50.4. The van der Waals surface area contributed by atoms with Gasteiger partial charge in [-0.25, -0.2) is 9.36 Å². The van der Waals surface area contributed by atoms with E-state index >= 15 is 0 Å².